The third kappa shape index (κ3) is 5.02. The van der Waals surface area contributed by atoms with Gasteiger partial charge in [-0.05, 0) is 62.0 Å². The number of hydrogen-bond acceptors (Lipinski definition) is 4. The van der Waals surface area contributed by atoms with E-state index in [4.69, 9.17) is 5.11 Å². The monoisotopic (exact) mass is 422 g/mol. The maximum atomic E-state index is 13.1. The molecule has 3 aliphatic heterocycles. The number of benzene rings is 1. The van der Waals surface area contributed by atoms with Crippen LogP contribution >= 0.6 is 12.4 Å². The van der Waals surface area contributed by atoms with E-state index in [-0.39, 0.29) is 30.9 Å². The number of carbonyl (C=O) groups is 2. The Labute approximate surface area is 178 Å². The summed E-state index contributed by atoms with van der Waals surface area (Å²) < 4.78 is 0. The maximum absolute atomic E-state index is 13.1. The second kappa shape index (κ2) is 9.78. The highest BCUT2D eigenvalue weighted by Crippen LogP contribution is 2.28. The highest BCUT2D eigenvalue weighted by atomic mass is 35.5. The molecule has 8 heteroatoms. The molecule has 0 unspecified atom stereocenters. The number of aliphatic carboxylic acids is 1. The fourth-order valence-electron chi connectivity index (χ4n) is 4.67. The summed E-state index contributed by atoms with van der Waals surface area (Å²) in [5, 5.41) is 12.3. The number of nitrogens with one attached hydrogen (secondary N) is 1. The summed E-state index contributed by atoms with van der Waals surface area (Å²) >= 11 is 0. The normalized spacial score (nSPS) is 20.9. The number of halogens is 1. The number of hydrogen-bond donors (Lipinski definition) is 2. The van der Waals surface area contributed by atoms with E-state index in [1.807, 2.05) is 9.80 Å². The predicted molar refractivity (Wildman–Crippen MR) is 115 cm³/mol. The first kappa shape index (κ1) is 21.9. The number of urea groups is 1. The fourth-order valence-corrected chi connectivity index (χ4v) is 4.67. The molecular formula is C21H31ClN4O3. The van der Waals surface area contributed by atoms with Crippen molar-refractivity contribution in [2.75, 3.05) is 50.7 Å². The molecule has 0 radical (unpaired) electrons. The van der Waals surface area contributed by atoms with Crippen molar-refractivity contribution in [2.24, 2.45) is 0 Å². The third-order valence-corrected chi connectivity index (χ3v) is 6.32. The van der Waals surface area contributed by atoms with Crippen molar-refractivity contribution >= 4 is 30.1 Å². The van der Waals surface area contributed by atoms with Crippen molar-refractivity contribution in [3.8, 4) is 0 Å². The van der Waals surface area contributed by atoms with Gasteiger partial charge in [-0.15, -0.1) is 12.4 Å². The topological polar surface area (TPSA) is 76.1 Å². The molecule has 7 nitrogen and oxygen atoms in total. The first-order valence-electron chi connectivity index (χ1n) is 10.5. The number of amides is 2. The van der Waals surface area contributed by atoms with Crippen LogP contribution < -0.4 is 10.2 Å². The second-order valence-electron chi connectivity index (χ2n) is 8.05. The number of fused-ring (bicyclic) bond motifs is 1. The van der Waals surface area contributed by atoms with Gasteiger partial charge in [0.15, 0.2) is 0 Å². The number of nitrogens with zero attached hydrogens (tertiary/aromatic N) is 3. The Morgan fingerprint density at radius 2 is 1.79 bits per heavy atom. The Balaban J connectivity index is 0.00000240. The Morgan fingerprint density at radius 1 is 1.07 bits per heavy atom. The molecule has 0 bridgehead atoms. The standard InChI is InChI=1S/C21H30N4O3.ClH/c26-20(27)7-12-23-10-5-18(6-11-23)24-13-14-25(21(24)28)19-2-1-16-3-8-22-9-4-17(16)15-19;/h1-2,15,18,22H,3-14H2,(H,26,27);1H. The van der Waals surface area contributed by atoms with Crippen molar-refractivity contribution in [1.29, 1.82) is 0 Å². The Morgan fingerprint density at radius 3 is 2.52 bits per heavy atom. The van der Waals surface area contributed by atoms with Crippen LogP contribution in [0.3, 0.4) is 0 Å². The van der Waals surface area contributed by atoms with Crippen LogP contribution in [-0.2, 0) is 17.6 Å². The molecule has 2 fully saturated rings. The third-order valence-electron chi connectivity index (χ3n) is 6.32. The molecule has 1 aromatic rings. The van der Waals surface area contributed by atoms with Crippen LogP contribution in [0.25, 0.3) is 0 Å². The van der Waals surface area contributed by atoms with Gasteiger partial charge in [0.25, 0.3) is 0 Å². The van der Waals surface area contributed by atoms with E-state index in [0.717, 1.165) is 70.6 Å². The van der Waals surface area contributed by atoms with E-state index in [1.54, 1.807) is 0 Å². The molecule has 1 aromatic carbocycles. The van der Waals surface area contributed by atoms with Crippen molar-refractivity contribution in [3.05, 3.63) is 29.3 Å². The molecule has 3 heterocycles. The number of carboxylic acids is 1. The summed E-state index contributed by atoms with van der Waals surface area (Å²) in [7, 11) is 0. The zero-order valence-electron chi connectivity index (χ0n) is 16.8. The quantitative estimate of drug-likeness (QED) is 0.758. The summed E-state index contributed by atoms with van der Waals surface area (Å²) in [5.74, 6) is -0.746. The van der Waals surface area contributed by atoms with Crippen molar-refractivity contribution in [3.63, 3.8) is 0 Å². The van der Waals surface area contributed by atoms with E-state index < -0.39 is 5.97 Å². The first-order valence-corrected chi connectivity index (χ1v) is 10.5. The summed E-state index contributed by atoms with van der Waals surface area (Å²) in [6, 6.07) is 6.88. The molecule has 0 atom stereocenters. The molecule has 2 amide bonds. The van der Waals surface area contributed by atoms with Crippen LogP contribution in [0.15, 0.2) is 18.2 Å². The molecule has 0 aliphatic carbocycles. The van der Waals surface area contributed by atoms with Crippen LogP contribution in [-0.4, -0.2) is 78.8 Å². The van der Waals surface area contributed by atoms with E-state index >= 15 is 0 Å². The van der Waals surface area contributed by atoms with Gasteiger partial charge in [-0.2, -0.15) is 0 Å². The number of anilines is 1. The molecule has 0 aromatic heterocycles. The summed E-state index contributed by atoms with van der Waals surface area (Å²) in [4.78, 5) is 30.0. The van der Waals surface area contributed by atoms with E-state index in [2.05, 4.69) is 28.4 Å². The minimum absolute atomic E-state index is 0. The van der Waals surface area contributed by atoms with Gasteiger partial charge in [0.2, 0.25) is 0 Å². The van der Waals surface area contributed by atoms with Crippen LogP contribution in [0.1, 0.15) is 30.4 Å². The highest BCUT2D eigenvalue weighted by molar-refractivity contribution is 5.94. The van der Waals surface area contributed by atoms with Crippen LogP contribution in [0, 0.1) is 0 Å². The van der Waals surface area contributed by atoms with Gasteiger partial charge < -0.3 is 20.2 Å². The van der Waals surface area contributed by atoms with Crippen LogP contribution in [0.5, 0.6) is 0 Å². The smallest absolute Gasteiger partial charge is 0.324 e. The maximum Gasteiger partial charge on any atom is 0.324 e. The first-order chi connectivity index (χ1) is 13.6. The van der Waals surface area contributed by atoms with Crippen LogP contribution in [0.2, 0.25) is 0 Å². The van der Waals surface area contributed by atoms with Gasteiger partial charge >= 0.3 is 12.0 Å². The lowest BCUT2D eigenvalue weighted by atomic mass is 10.0. The molecule has 0 saturated carbocycles. The lowest BCUT2D eigenvalue weighted by molar-refractivity contribution is -0.137. The number of carboxylic acid groups (broad SMARTS) is 1. The van der Waals surface area contributed by atoms with Gasteiger partial charge in [0, 0.05) is 44.5 Å². The summed E-state index contributed by atoms with van der Waals surface area (Å²) in [6.07, 6.45) is 4.11. The Kier molecular flexibility index (Phi) is 7.38. The molecule has 160 valence electrons. The fraction of sp³-hybridized carbons (Fsp3) is 0.619. The minimum atomic E-state index is -0.746. The number of likely N-dealkylation sites (tertiary alicyclic amines) is 1. The zero-order chi connectivity index (χ0) is 19.5. The molecule has 4 rings (SSSR count). The molecule has 29 heavy (non-hydrogen) atoms. The van der Waals surface area contributed by atoms with Crippen molar-refractivity contribution < 1.29 is 14.7 Å². The van der Waals surface area contributed by atoms with Gasteiger partial charge in [-0.25, -0.2) is 4.79 Å². The molecule has 2 N–H and O–H groups in total. The number of carbonyl (C=O) groups excluding carboxylic acids is 1. The molecular weight excluding hydrogens is 392 g/mol. The van der Waals surface area contributed by atoms with Gasteiger partial charge in [-0.1, -0.05) is 6.07 Å². The summed E-state index contributed by atoms with van der Waals surface area (Å²) in [5.41, 5.74) is 3.78. The van der Waals surface area contributed by atoms with Crippen LogP contribution in [0.4, 0.5) is 10.5 Å². The molecule has 3 aliphatic rings. The zero-order valence-corrected chi connectivity index (χ0v) is 17.6. The second-order valence-corrected chi connectivity index (χ2v) is 8.05. The summed E-state index contributed by atoms with van der Waals surface area (Å²) in [6.45, 7) is 5.88. The number of rotatable bonds is 5. The lowest BCUT2D eigenvalue weighted by Crippen LogP contribution is -2.46. The molecule has 0 spiro atoms. The highest BCUT2D eigenvalue weighted by Gasteiger charge is 2.36. The van der Waals surface area contributed by atoms with E-state index in [0.29, 0.717) is 6.54 Å². The lowest BCUT2D eigenvalue weighted by Gasteiger charge is -2.36. The minimum Gasteiger partial charge on any atom is -0.481 e. The molecule has 2 saturated heterocycles. The predicted octanol–water partition coefficient (Wildman–Crippen LogP) is 1.98. The average Bonchev–Trinajstić information content (AvgIpc) is 2.93. The van der Waals surface area contributed by atoms with Gasteiger partial charge in [0.05, 0.1) is 6.42 Å². The van der Waals surface area contributed by atoms with E-state index in [9.17, 15) is 9.59 Å². The van der Waals surface area contributed by atoms with Crippen molar-refractivity contribution in [1.82, 2.24) is 15.1 Å². The number of piperidine rings is 1. The Bertz CT molecular complexity index is 737. The Hall–Kier alpha value is -1.83. The van der Waals surface area contributed by atoms with E-state index in [1.165, 1.54) is 11.1 Å². The van der Waals surface area contributed by atoms with Gasteiger partial charge in [0.1, 0.15) is 0 Å². The average molecular weight is 423 g/mol. The van der Waals surface area contributed by atoms with Gasteiger partial charge in [-0.3, -0.25) is 9.69 Å². The SMILES string of the molecule is Cl.O=C(O)CCN1CCC(N2CCN(c3ccc4c(c3)CCNCC4)C2=O)CC1. The largest absolute Gasteiger partial charge is 0.481 e. The van der Waals surface area contributed by atoms with Crippen molar-refractivity contribution in [2.45, 2.75) is 38.1 Å².